The summed E-state index contributed by atoms with van der Waals surface area (Å²) in [6, 6.07) is 8.51. The minimum Gasteiger partial charge on any atom is -0.460 e. The van der Waals surface area contributed by atoms with E-state index in [2.05, 4.69) is 5.16 Å². The normalized spacial score (nSPS) is 12.8. The molecule has 0 amide bonds. The highest BCUT2D eigenvalue weighted by Crippen LogP contribution is 2.40. The zero-order chi connectivity index (χ0) is 23.2. The van der Waals surface area contributed by atoms with Gasteiger partial charge in [-0.3, -0.25) is 0 Å². The van der Waals surface area contributed by atoms with Crippen molar-refractivity contribution in [2.24, 2.45) is 0 Å². The molecule has 0 saturated heterocycles. The number of aromatic nitrogens is 1. The van der Waals surface area contributed by atoms with Crippen molar-refractivity contribution in [1.29, 1.82) is 0 Å². The van der Waals surface area contributed by atoms with Crippen molar-refractivity contribution < 1.29 is 32.0 Å². The SMILES string of the molecule is Cc1onc(-c2c(Cl)cccc2Cl)c1C(O)Oc1ccc2c(C(F)(F)F)cc(=O)oc2c1. The number of hydrogen-bond acceptors (Lipinski definition) is 6. The minimum atomic E-state index is -4.75. The van der Waals surface area contributed by atoms with Crippen molar-refractivity contribution in [3.63, 3.8) is 0 Å². The second-order valence-corrected chi connectivity index (χ2v) is 7.52. The number of rotatable bonds is 4. The van der Waals surface area contributed by atoms with E-state index >= 15 is 0 Å². The average molecular weight is 486 g/mol. The van der Waals surface area contributed by atoms with Gasteiger partial charge in [0.15, 0.2) is 0 Å². The topological polar surface area (TPSA) is 85.7 Å². The summed E-state index contributed by atoms with van der Waals surface area (Å²) < 4.78 is 55.2. The van der Waals surface area contributed by atoms with Gasteiger partial charge in [0.1, 0.15) is 22.8 Å². The van der Waals surface area contributed by atoms with E-state index in [-0.39, 0.29) is 43.8 Å². The third kappa shape index (κ3) is 4.06. The van der Waals surface area contributed by atoms with E-state index in [1.165, 1.54) is 13.0 Å². The maximum atomic E-state index is 13.2. The Morgan fingerprint density at radius 3 is 2.47 bits per heavy atom. The van der Waals surface area contributed by atoms with E-state index in [1.54, 1.807) is 18.2 Å². The molecular weight excluding hydrogens is 474 g/mol. The van der Waals surface area contributed by atoms with Crippen LogP contribution in [-0.2, 0) is 6.18 Å². The summed E-state index contributed by atoms with van der Waals surface area (Å²) in [6.45, 7) is 1.53. The highest BCUT2D eigenvalue weighted by molar-refractivity contribution is 6.39. The first-order valence-electron chi connectivity index (χ1n) is 8.96. The van der Waals surface area contributed by atoms with Gasteiger partial charge in [0.05, 0.1) is 21.2 Å². The van der Waals surface area contributed by atoms with Crippen LogP contribution in [0.15, 0.2) is 56.2 Å². The van der Waals surface area contributed by atoms with E-state index in [4.69, 9.17) is 36.9 Å². The van der Waals surface area contributed by atoms with Gasteiger partial charge in [0.25, 0.3) is 0 Å². The zero-order valence-corrected chi connectivity index (χ0v) is 17.5. The van der Waals surface area contributed by atoms with Gasteiger partial charge in [0.2, 0.25) is 6.29 Å². The van der Waals surface area contributed by atoms with Crippen molar-refractivity contribution >= 4 is 34.2 Å². The van der Waals surface area contributed by atoms with Gasteiger partial charge in [-0.15, -0.1) is 0 Å². The van der Waals surface area contributed by atoms with Crippen LogP contribution in [0.2, 0.25) is 10.0 Å². The number of ether oxygens (including phenoxy) is 1. The standard InChI is InChI=1S/C21H12Cl2F3NO5/c1-9-17(19(27-32-9)18-13(22)3-2-4-14(18)23)20(29)30-10-5-6-11-12(21(24,25)26)8-16(28)31-15(11)7-10/h2-8,20,29H,1H3. The van der Waals surface area contributed by atoms with Crippen LogP contribution in [0, 0.1) is 6.92 Å². The number of fused-ring (bicyclic) bond motifs is 1. The maximum Gasteiger partial charge on any atom is 0.417 e. The molecular formula is C21H12Cl2F3NO5. The number of halogens is 5. The summed E-state index contributed by atoms with van der Waals surface area (Å²) in [5.74, 6) is 0.138. The summed E-state index contributed by atoms with van der Waals surface area (Å²) in [4.78, 5) is 11.6. The first-order valence-corrected chi connectivity index (χ1v) is 9.72. The van der Waals surface area contributed by atoms with E-state index in [0.717, 1.165) is 12.1 Å². The minimum absolute atomic E-state index is 0.0655. The Bertz CT molecular complexity index is 1360. The molecule has 0 aliphatic rings. The van der Waals surface area contributed by atoms with Crippen LogP contribution >= 0.6 is 23.2 Å². The second-order valence-electron chi connectivity index (χ2n) is 6.70. The third-order valence-electron chi connectivity index (χ3n) is 4.62. The van der Waals surface area contributed by atoms with Crippen molar-refractivity contribution in [3.8, 4) is 17.0 Å². The molecule has 32 heavy (non-hydrogen) atoms. The number of aryl methyl sites for hydroxylation is 1. The molecule has 0 aliphatic heterocycles. The molecule has 4 rings (SSSR count). The number of nitrogens with zero attached hydrogens (tertiary/aromatic N) is 1. The lowest BCUT2D eigenvalue weighted by Crippen LogP contribution is -2.11. The number of hydrogen-bond donors (Lipinski definition) is 1. The Hall–Kier alpha value is -3.01. The summed E-state index contributed by atoms with van der Waals surface area (Å²) >= 11 is 12.4. The highest BCUT2D eigenvalue weighted by atomic mass is 35.5. The molecule has 2 aromatic heterocycles. The molecule has 0 saturated carbocycles. The summed E-state index contributed by atoms with van der Waals surface area (Å²) in [5.41, 5.74) is -2.10. The zero-order valence-electron chi connectivity index (χ0n) is 16.0. The molecule has 0 aliphatic carbocycles. The van der Waals surface area contributed by atoms with Crippen molar-refractivity contribution in [3.05, 3.63) is 79.8 Å². The molecule has 0 radical (unpaired) electrons. The molecule has 1 unspecified atom stereocenters. The fourth-order valence-corrected chi connectivity index (χ4v) is 3.79. The molecule has 2 heterocycles. The van der Waals surface area contributed by atoms with Crippen LogP contribution in [0.4, 0.5) is 13.2 Å². The molecule has 4 aromatic rings. The van der Waals surface area contributed by atoms with Gasteiger partial charge in [-0.05, 0) is 31.2 Å². The monoisotopic (exact) mass is 485 g/mol. The fraction of sp³-hybridized carbons (Fsp3) is 0.143. The molecule has 0 spiro atoms. The molecule has 6 nitrogen and oxygen atoms in total. The predicted octanol–water partition coefficient (Wildman–Crippen LogP) is 6.15. The smallest absolute Gasteiger partial charge is 0.417 e. The van der Waals surface area contributed by atoms with Crippen LogP contribution in [0.25, 0.3) is 22.2 Å². The van der Waals surface area contributed by atoms with Crippen LogP contribution < -0.4 is 10.4 Å². The summed E-state index contributed by atoms with van der Waals surface area (Å²) in [7, 11) is 0. The lowest BCUT2D eigenvalue weighted by atomic mass is 10.1. The maximum absolute atomic E-state index is 13.2. The van der Waals surface area contributed by atoms with Crippen LogP contribution in [0.5, 0.6) is 5.75 Å². The van der Waals surface area contributed by atoms with Crippen LogP contribution in [0.1, 0.15) is 23.2 Å². The first kappa shape index (κ1) is 22.2. The quantitative estimate of drug-likeness (QED) is 0.275. The van der Waals surface area contributed by atoms with Crippen LogP contribution in [-0.4, -0.2) is 10.3 Å². The second kappa shape index (κ2) is 8.16. The van der Waals surface area contributed by atoms with Crippen molar-refractivity contribution in [2.75, 3.05) is 0 Å². The van der Waals surface area contributed by atoms with Gasteiger partial charge in [-0.25, -0.2) is 4.79 Å². The van der Waals surface area contributed by atoms with Crippen molar-refractivity contribution in [1.82, 2.24) is 5.16 Å². The predicted molar refractivity (Wildman–Crippen MR) is 110 cm³/mol. The van der Waals surface area contributed by atoms with E-state index < -0.39 is 23.7 Å². The molecule has 1 atom stereocenters. The Labute approximate surface area is 187 Å². The largest absolute Gasteiger partial charge is 0.460 e. The molecule has 2 aromatic carbocycles. The van der Waals surface area contributed by atoms with E-state index in [1.807, 2.05) is 0 Å². The van der Waals surface area contributed by atoms with Gasteiger partial charge >= 0.3 is 11.8 Å². The van der Waals surface area contributed by atoms with E-state index in [9.17, 15) is 23.1 Å². The molecule has 0 bridgehead atoms. The molecule has 1 N–H and O–H groups in total. The van der Waals surface area contributed by atoms with Gasteiger partial charge in [-0.2, -0.15) is 13.2 Å². The highest BCUT2D eigenvalue weighted by Gasteiger charge is 2.34. The fourth-order valence-electron chi connectivity index (χ4n) is 3.21. The number of alkyl halides is 3. The number of benzene rings is 2. The van der Waals surface area contributed by atoms with Crippen molar-refractivity contribution in [2.45, 2.75) is 19.4 Å². The molecule has 0 fully saturated rings. The third-order valence-corrected chi connectivity index (χ3v) is 5.25. The molecule has 11 heteroatoms. The Morgan fingerprint density at radius 2 is 1.81 bits per heavy atom. The average Bonchev–Trinajstić information content (AvgIpc) is 3.07. The lowest BCUT2D eigenvalue weighted by Gasteiger charge is -2.15. The van der Waals surface area contributed by atoms with Crippen LogP contribution in [0.3, 0.4) is 0 Å². The summed E-state index contributed by atoms with van der Waals surface area (Å²) in [5, 5.41) is 14.8. The number of aliphatic hydroxyl groups is 1. The Morgan fingerprint density at radius 1 is 1.12 bits per heavy atom. The Kier molecular flexibility index (Phi) is 5.66. The summed E-state index contributed by atoms with van der Waals surface area (Å²) in [6.07, 6.45) is -6.41. The van der Waals surface area contributed by atoms with E-state index in [0.29, 0.717) is 11.6 Å². The molecule has 166 valence electrons. The van der Waals surface area contributed by atoms with Gasteiger partial charge < -0.3 is 18.8 Å². The Balaban J connectivity index is 1.74. The lowest BCUT2D eigenvalue weighted by molar-refractivity contribution is -0.136. The first-order chi connectivity index (χ1) is 15.1. The number of aliphatic hydroxyl groups excluding tert-OH is 1. The van der Waals surface area contributed by atoms with Gasteiger partial charge in [0, 0.05) is 23.1 Å². The van der Waals surface area contributed by atoms with Gasteiger partial charge in [-0.1, -0.05) is 34.4 Å².